The molecule has 0 amide bonds. The Balaban J connectivity index is 1.58. The van der Waals surface area contributed by atoms with Crippen LogP contribution in [0.4, 0.5) is 0 Å². The van der Waals surface area contributed by atoms with Gasteiger partial charge in [-0.2, -0.15) is 0 Å². The fourth-order valence-electron chi connectivity index (χ4n) is 6.55. The van der Waals surface area contributed by atoms with Crippen LogP contribution in [0.5, 0.6) is 0 Å². The minimum absolute atomic E-state index is 0.0297. The fraction of sp³-hybridized carbons (Fsp3) is 0.400. The third-order valence-electron chi connectivity index (χ3n) is 7.74. The molecule has 7 aliphatic carbocycles. The monoisotopic (exact) mass is 664 g/mol. The molecule has 0 aromatic heterocycles. The maximum atomic E-state index is 7.09. The summed E-state index contributed by atoms with van der Waals surface area (Å²) in [7, 11) is 0. The lowest BCUT2D eigenvalue weighted by Crippen LogP contribution is -2.44. The Hall–Kier alpha value is 1.92. The van der Waals surface area contributed by atoms with Gasteiger partial charge in [-0.1, -0.05) is 92.8 Å². The zero-order valence-electron chi connectivity index (χ0n) is 14.9. The molecule has 6 bridgehead atoms. The minimum Gasteiger partial charge on any atom is -0.108 e. The van der Waals surface area contributed by atoms with E-state index in [2.05, 4.69) is 0 Å². The Bertz CT molecular complexity index is 1370. The van der Waals surface area contributed by atoms with Crippen molar-refractivity contribution < 1.29 is 0 Å². The lowest BCUT2D eigenvalue weighted by Gasteiger charge is -2.33. The summed E-state index contributed by atoms with van der Waals surface area (Å²) in [6, 6.07) is 0. The van der Waals surface area contributed by atoms with E-state index in [0.29, 0.717) is 40.2 Å². The van der Waals surface area contributed by atoms with Crippen LogP contribution >= 0.6 is 139 Å². The summed E-state index contributed by atoms with van der Waals surface area (Å²) < 4.78 is -3.27. The van der Waals surface area contributed by atoms with Crippen molar-refractivity contribution in [3.8, 4) is 0 Å². The number of fused-ring (bicyclic) bond motifs is 14. The van der Waals surface area contributed by atoms with Crippen molar-refractivity contribution in [2.24, 2.45) is 0 Å². The number of halogens is 12. The Labute approximate surface area is 242 Å². The Morgan fingerprint density at radius 2 is 1.03 bits per heavy atom. The highest BCUT2D eigenvalue weighted by Gasteiger charge is 2.83. The number of rotatable bonds is 0. The Morgan fingerprint density at radius 1 is 0.531 bits per heavy atom. The molecule has 0 radical (unpaired) electrons. The van der Waals surface area contributed by atoms with Crippen molar-refractivity contribution in [1.82, 2.24) is 0 Å². The summed E-state index contributed by atoms with van der Waals surface area (Å²) in [6.45, 7) is 0. The first-order chi connectivity index (χ1) is 14.6. The van der Waals surface area contributed by atoms with Gasteiger partial charge in [0, 0.05) is 17.6 Å². The van der Waals surface area contributed by atoms with E-state index in [-0.39, 0.29) is 15.1 Å². The second kappa shape index (κ2) is 5.82. The summed E-state index contributed by atoms with van der Waals surface area (Å²) in [6.07, 6.45) is 0.732. The molecule has 7 rings (SSSR count). The molecule has 0 spiro atoms. The van der Waals surface area contributed by atoms with Gasteiger partial charge in [-0.05, 0) is 39.9 Å². The molecule has 168 valence electrons. The summed E-state index contributed by atoms with van der Waals surface area (Å²) in [5.41, 5.74) is 5.12. The smallest absolute Gasteiger partial charge is 0.108 e. The summed E-state index contributed by atoms with van der Waals surface area (Å²) in [5, 5.41) is 0.688. The van der Waals surface area contributed by atoms with Crippen molar-refractivity contribution in [2.75, 3.05) is 0 Å². The lowest BCUT2D eigenvalue weighted by molar-refractivity contribution is 0.713. The van der Waals surface area contributed by atoms with Crippen LogP contribution in [-0.4, -0.2) is 28.2 Å². The standard InChI is InChI=1S/C20H4Cl12/c21-11-12(22)16(26)2-15(11,25)4-1-3-5(7(4)16)8-10-9(6(3)19(8,29)30)17(27)13(23)14(24)18(10,28)20(17,31)32/h1-2H2. The van der Waals surface area contributed by atoms with Crippen molar-refractivity contribution >= 4 is 139 Å². The molecule has 0 aliphatic heterocycles. The molecule has 0 aromatic rings. The molecular weight excluding hydrogens is 666 g/mol. The van der Waals surface area contributed by atoms with Gasteiger partial charge in [0.2, 0.25) is 0 Å². The predicted octanol–water partition coefficient (Wildman–Crippen LogP) is 9.68. The second-order valence-electron chi connectivity index (χ2n) is 8.88. The third kappa shape index (κ3) is 1.81. The van der Waals surface area contributed by atoms with Gasteiger partial charge in [-0.15, -0.1) is 46.4 Å². The van der Waals surface area contributed by atoms with Crippen molar-refractivity contribution in [3.05, 3.63) is 64.7 Å². The van der Waals surface area contributed by atoms with Gasteiger partial charge in [0.25, 0.3) is 0 Å². The van der Waals surface area contributed by atoms with Crippen LogP contribution in [0.25, 0.3) is 0 Å². The van der Waals surface area contributed by atoms with Gasteiger partial charge in [0.1, 0.15) is 19.5 Å². The highest BCUT2D eigenvalue weighted by atomic mass is 35.5. The van der Waals surface area contributed by atoms with E-state index < -0.39 is 28.2 Å². The second-order valence-corrected chi connectivity index (χ2v) is 15.5. The van der Waals surface area contributed by atoms with Crippen LogP contribution < -0.4 is 0 Å². The molecule has 1 saturated carbocycles. The van der Waals surface area contributed by atoms with Gasteiger partial charge >= 0.3 is 0 Å². The molecule has 32 heavy (non-hydrogen) atoms. The molecule has 12 heteroatoms. The van der Waals surface area contributed by atoms with E-state index >= 15 is 0 Å². The number of allylic oxidation sites excluding steroid dienone is 12. The first kappa shape index (κ1) is 23.1. The highest BCUT2D eigenvalue weighted by molar-refractivity contribution is 6.69. The fourth-order valence-corrected chi connectivity index (χ4v) is 11.8. The molecule has 7 aliphatic rings. The molecule has 4 unspecified atom stereocenters. The molecule has 0 aromatic carbocycles. The Kier molecular flexibility index (Phi) is 4.19. The maximum absolute atomic E-state index is 7.09. The largest absolute Gasteiger partial charge is 0.174 e. The summed E-state index contributed by atoms with van der Waals surface area (Å²) in [4.78, 5) is -5.40. The van der Waals surface area contributed by atoms with Gasteiger partial charge in [-0.3, -0.25) is 0 Å². The highest BCUT2D eigenvalue weighted by Crippen LogP contribution is 2.84. The van der Waals surface area contributed by atoms with Gasteiger partial charge < -0.3 is 0 Å². The van der Waals surface area contributed by atoms with E-state index in [1.54, 1.807) is 0 Å². The molecule has 0 saturated heterocycles. The average Bonchev–Trinajstić information content (AvgIpc) is 3.42. The van der Waals surface area contributed by atoms with Crippen LogP contribution in [-0.2, 0) is 0 Å². The van der Waals surface area contributed by atoms with Gasteiger partial charge in [-0.25, -0.2) is 0 Å². The normalized spacial score (nSPS) is 46.1. The van der Waals surface area contributed by atoms with E-state index in [0.717, 1.165) is 22.3 Å². The van der Waals surface area contributed by atoms with Crippen LogP contribution in [0.2, 0.25) is 0 Å². The molecule has 4 atom stereocenters. The van der Waals surface area contributed by atoms with Gasteiger partial charge in [0.15, 0.2) is 8.67 Å². The first-order valence-corrected chi connectivity index (χ1v) is 13.7. The van der Waals surface area contributed by atoms with E-state index in [4.69, 9.17) is 139 Å². The van der Waals surface area contributed by atoms with Crippen LogP contribution in [0.15, 0.2) is 64.7 Å². The third-order valence-corrected chi connectivity index (χ3v) is 14.9. The first-order valence-electron chi connectivity index (χ1n) is 9.18. The predicted molar refractivity (Wildman–Crippen MR) is 138 cm³/mol. The van der Waals surface area contributed by atoms with E-state index in [1.165, 1.54) is 0 Å². The lowest BCUT2D eigenvalue weighted by atomic mass is 9.82. The molecule has 0 heterocycles. The summed E-state index contributed by atoms with van der Waals surface area (Å²) in [5.74, 6) is 0. The maximum Gasteiger partial charge on any atom is 0.174 e. The quantitative estimate of drug-likeness (QED) is 0.226. The van der Waals surface area contributed by atoms with E-state index in [1.807, 2.05) is 0 Å². The molecular formula is C20H4Cl12. The average molecular weight is 670 g/mol. The molecule has 0 N–H and O–H groups in total. The molecule has 0 nitrogen and oxygen atoms in total. The zero-order chi connectivity index (χ0) is 23.3. The molecule has 1 fully saturated rings. The number of hydrogen-bond donors (Lipinski definition) is 0. The number of alkyl halides is 8. The zero-order valence-corrected chi connectivity index (χ0v) is 24.0. The topological polar surface area (TPSA) is 0 Å². The van der Waals surface area contributed by atoms with E-state index in [9.17, 15) is 0 Å². The Morgan fingerprint density at radius 3 is 1.59 bits per heavy atom. The SMILES string of the molecule is ClC1=C(Cl)C2(Cl)CC1(Cl)C1=C2C2=C(C1)C1=C3C(=C2C1(Cl)Cl)C1(Cl)C(Cl)=C(Cl)C3(Cl)C1(Cl)Cl. The number of hydrogen-bond acceptors (Lipinski definition) is 0. The van der Waals surface area contributed by atoms with Crippen LogP contribution in [0, 0.1) is 0 Å². The summed E-state index contributed by atoms with van der Waals surface area (Å²) >= 11 is 82.0. The van der Waals surface area contributed by atoms with Gasteiger partial charge in [0.05, 0.1) is 20.1 Å². The van der Waals surface area contributed by atoms with Crippen LogP contribution in [0.3, 0.4) is 0 Å². The van der Waals surface area contributed by atoms with Crippen molar-refractivity contribution in [2.45, 2.75) is 41.0 Å². The van der Waals surface area contributed by atoms with Crippen molar-refractivity contribution in [3.63, 3.8) is 0 Å². The van der Waals surface area contributed by atoms with Crippen molar-refractivity contribution in [1.29, 1.82) is 0 Å². The van der Waals surface area contributed by atoms with Crippen LogP contribution in [0.1, 0.15) is 12.8 Å². The minimum atomic E-state index is -1.79.